The Hall–Kier alpha value is -4.01. The van der Waals surface area contributed by atoms with Crippen molar-refractivity contribution in [3.05, 3.63) is 69.8 Å². The normalized spacial score (nSPS) is 10.4. The molecule has 0 atom stereocenters. The summed E-state index contributed by atoms with van der Waals surface area (Å²) >= 11 is 0. The van der Waals surface area contributed by atoms with Crippen LogP contribution in [-0.4, -0.2) is 29.7 Å². The van der Waals surface area contributed by atoms with Crippen LogP contribution >= 0.6 is 0 Å². The molecule has 0 heterocycles. The van der Waals surface area contributed by atoms with Gasteiger partial charge in [-0.25, -0.2) is 0 Å². The molecule has 156 valence electrons. The number of carboxylic acid groups (broad SMARTS) is 4. The smallest absolute Gasteiger partial charge is 0.193 e. The SMILES string of the molecule is O=C([O-])Cc1cc(CC(=O)[O-])cc(C(=O)c2cc(CC(=O)[O-])cc(CC(=O)[O-])c2)c1. The average Bonchev–Trinajstić information content (AvgIpc) is 2.58. The van der Waals surface area contributed by atoms with E-state index in [1.54, 1.807) is 0 Å². The third-order valence-corrected chi connectivity index (χ3v) is 4.02. The van der Waals surface area contributed by atoms with Crippen LogP contribution in [0.1, 0.15) is 38.2 Å². The van der Waals surface area contributed by atoms with E-state index in [2.05, 4.69) is 0 Å². The second-order valence-electron chi connectivity index (χ2n) is 6.60. The molecule has 0 fully saturated rings. The molecule has 0 saturated heterocycles. The Morgan fingerprint density at radius 1 is 0.467 bits per heavy atom. The zero-order valence-corrected chi connectivity index (χ0v) is 15.5. The number of hydrogen-bond donors (Lipinski definition) is 0. The molecule has 2 rings (SSSR count). The molecule has 0 N–H and O–H groups in total. The summed E-state index contributed by atoms with van der Waals surface area (Å²) in [6, 6.07) is 7.52. The van der Waals surface area contributed by atoms with E-state index in [0.717, 1.165) is 0 Å². The van der Waals surface area contributed by atoms with Crippen LogP contribution in [-0.2, 0) is 44.9 Å². The number of carboxylic acids is 4. The number of ketones is 1. The van der Waals surface area contributed by atoms with E-state index in [1.807, 2.05) is 0 Å². The van der Waals surface area contributed by atoms with Crippen LogP contribution in [0.15, 0.2) is 36.4 Å². The maximum absolute atomic E-state index is 12.9. The van der Waals surface area contributed by atoms with Gasteiger partial charge in [0.2, 0.25) is 0 Å². The second kappa shape index (κ2) is 9.46. The largest absolute Gasteiger partial charge is 0.550 e. The monoisotopic (exact) mass is 410 g/mol. The van der Waals surface area contributed by atoms with Crippen LogP contribution in [0.25, 0.3) is 0 Å². The Morgan fingerprint density at radius 3 is 0.900 bits per heavy atom. The third kappa shape index (κ3) is 6.55. The molecule has 9 heteroatoms. The zero-order valence-electron chi connectivity index (χ0n) is 15.5. The maximum atomic E-state index is 12.9. The van der Waals surface area contributed by atoms with Gasteiger partial charge in [-0.15, -0.1) is 0 Å². The van der Waals surface area contributed by atoms with Gasteiger partial charge in [-0.05, 0) is 46.5 Å². The topological polar surface area (TPSA) is 178 Å². The minimum absolute atomic E-state index is 0.0602. The predicted molar refractivity (Wildman–Crippen MR) is 91.2 cm³/mol. The molecular weight excluding hydrogens is 396 g/mol. The van der Waals surface area contributed by atoms with Crippen molar-refractivity contribution in [1.82, 2.24) is 0 Å². The highest BCUT2D eigenvalue weighted by atomic mass is 16.4. The minimum Gasteiger partial charge on any atom is -0.550 e. The van der Waals surface area contributed by atoms with Crippen molar-refractivity contribution in [1.29, 1.82) is 0 Å². The molecule has 2 aromatic rings. The minimum atomic E-state index is -1.44. The van der Waals surface area contributed by atoms with Crippen molar-refractivity contribution in [3.8, 4) is 0 Å². The van der Waals surface area contributed by atoms with Crippen molar-refractivity contribution >= 4 is 29.7 Å². The zero-order chi connectivity index (χ0) is 22.4. The summed E-state index contributed by atoms with van der Waals surface area (Å²) in [6.45, 7) is 0. The quantitative estimate of drug-likeness (QED) is 0.354. The fraction of sp³-hybridized carbons (Fsp3) is 0.190. The maximum Gasteiger partial charge on any atom is 0.193 e. The summed E-state index contributed by atoms with van der Waals surface area (Å²) in [5.41, 5.74) is 0.372. The first-order chi connectivity index (χ1) is 14.0. The van der Waals surface area contributed by atoms with Gasteiger partial charge in [0.05, 0.1) is 0 Å². The molecule has 0 radical (unpaired) electrons. The molecule has 0 aliphatic carbocycles. The molecule has 0 amide bonds. The molecule has 0 unspecified atom stereocenters. The summed E-state index contributed by atoms with van der Waals surface area (Å²) in [6.07, 6.45) is -2.27. The summed E-state index contributed by atoms with van der Waals surface area (Å²) < 4.78 is 0. The highest BCUT2D eigenvalue weighted by molar-refractivity contribution is 6.09. The van der Waals surface area contributed by atoms with Crippen LogP contribution in [0.5, 0.6) is 0 Å². The summed E-state index contributed by atoms with van der Waals surface area (Å²) in [5, 5.41) is 43.6. The summed E-state index contributed by atoms with van der Waals surface area (Å²) in [7, 11) is 0. The number of carbonyl (C=O) groups is 5. The highest BCUT2D eigenvalue weighted by Gasteiger charge is 2.14. The van der Waals surface area contributed by atoms with Crippen molar-refractivity contribution in [2.75, 3.05) is 0 Å². The number of rotatable bonds is 10. The molecule has 0 saturated carbocycles. The first kappa shape index (κ1) is 22.3. The van der Waals surface area contributed by atoms with Gasteiger partial charge in [0.1, 0.15) is 0 Å². The van der Waals surface area contributed by atoms with Crippen molar-refractivity contribution in [2.45, 2.75) is 25.7 Å². The Balaban J connectivity index is 2.53. The molecule has 0 aliphatic heterocycles. The first-order valence-electron chi connectivity index (χ1n) is 8.63. The first-order valence-corrected chi connectivity index (χ1v) is 8.63. The lowest BCUT2D eigenvalue weighted by Gasteiger charge is -2.13. The van der Waals surface area contributed by atoms with Gasteiger partial charge in [0.25, 0.3) is 0 Å². The van der Waals surface area contributed by atoms with Crippen molar-refractivity contribution < 1.29 is 44.4 Å². The lowest BCUT2D eigenvalue weighted by Crippen LogP contribution is -2.26. The Kier molecular flexibility index (Phi) is 7.03. The molecule has 0 aromatic heterocycles. The lowest BCUT2D eigenvalue weighted by atomic mass is 9.93. The van der Waals surface area contributed by atoms with Crippen LogP contribution in [0, 0.1) is 0 Å². The van der Waals surface area contributed by atoms with Gasteiger partial charge < -0.3 is 39.6 Å². The van der Waals surface area contributed by atoms with E-state index in [0.29, 0.717) is 0 Å². The average molecular weight is 410 g/mol. The van der Waals surface area contributed by atoms with E-state index in [9.17, 15) is 44.4 Å². The van der Waals surface area contributed by atoms with Gasteiger partial charge in [-0.2, -0.15) is 0 Å². The predicted octanol–water partition coefficient (Wildman–Crippen LogP) is -3.91. The lowest BCUT2D eigenvalue weighted by molar-refractivity contribution is -0.306. The van der Waals surface area contributed by atoms with Gasteiger partial charge in [-0.3, -0.25) is 4.79 Å². The fourth-order valence-electron chi connectivity index (χ4n) is 3.03. The van der Waals surface area contributed by atoms with Gasteiger partial charge in [0, 0.05) is 60.7 Å². The van der Waals surface area contributed by atoms with Crippen LogP contribution < -0.4 is 20.4 Å². The van der Waals surface area contributed by atoms with Gasteiger partial charge in [0.15, 0.2) is 5.78 Å². The van der Waals surface area contributed by atoms with Crippen LogP contribution in [0.2, 0.25) is 0 Å². The summed E-state index contributed by atoms with van der Waals surface area (Å²) in [5.74, 6) is -6.44. The van der Waals surface area contributed by atoms with Crippen molar-refractivity contribution in [3.63, 3.8) is 0 Å². The number of benzene rings is 2. The van der Waals surface area contributed by atoms with E-state index in [-0.39, 0.29) is 33.4 Å². The molecule has 0 bridgehead atoms. The standard InChI is InChI=1S/C21H18O9/c22-17(23)7-11-1-12(8-18(24)25)4-15(3-11)21(30)16-5-13(9-19(26)27)2-14(6-16)10-20(28)29/h1-6H,7-10H2,(H,22,23)(H,24,25)(H,26,27)(H,28,29)/p-4. The summed E-state index contributed by atoms with van der Waals surface area (Å²) in [4.78, 5) is 56.5. The number of aliphatic carboxylic acids is 4. The Labute approximate surface area is 170 Å². The molecule has 0 aliphatic rings. The number of carbonyl (C=O) groups excluding carboxylic acids is 5. The fourth-order valence-corrected chi connectivity index (χ4v) is 3.03. The van der Waals surface area contributed by atoms with E-state index < -0.39 is 55.3 Å². The van der Waals surface area contributed by atoms with Gasteiger partial charge >= 0.3 is 0 Å². The van der Waals surface area contributed by atoms with E-state index >= 15 is 0 Å². The van der Waals surface area contributed by atoms with E-state index in [4.69, 9.17) is 0 Å². The Morgan fingerprint density at radius 2 is 0.700 bits per heavy atom. The molecule has 30 heavy (non-hydrogen) atoms. The highest BCUT2D eigenvalue weighted by Crippen LogP contribution is 2.19. The Bertz CT molecular complexity index is 887. The molecule has 9 nitrogen and oxygen atoms in total. The van der Waals surface area contributed by atoms with Gasteiger partial charge in [-0.1, -0.05) is 12.1 Å². The van der Waals surface area contributed by atoms with Crippen LogP contribution in [0.4, 0.5) is 0 Å². The van der Waals surface area contributed by atoms with E-state index in [1.165, 1.54) is 36.4 Å². The second-order valence-corrected chi connectivity index (χ2v) is 6.60. The molecule has 2 aromatic carbocycles. The van der Waals surface area contributed by atoms with Crippen molar-refractivity contribution in [2.24, 2.45) is 0 Å². The molecular formula is C21H14O9-4. The van der Waals surface area contributed by atoms with Crippen LogP contribution in [0.3, 0.4) is 0 Å². The third-order valence-electron chi connectivity index (χ3n) is 4.02. The molecule has 0 spiro atoms. The number of hydrogen-bond acceptors (Lipinski definition) is 9.